The summed E-state index contributed by atoms with van der Waals surface area (Å²) >= 11 is 3.36. The van der Waals surface area contributed by atoms with Crippen LogP contribution < -0.4 is 10.9 Å². The van der Waals surface area contributed by atoms with E-state index in [9.17, 15) is 4.79 Å². The Morgan fingerprint density at radius 2 is 2.12 bits per heavy atom. The topological polar surface area (TPSA) is 59.3 Å². The Balaban J connectivity index is 1.49. The third-order valence-corrected chi connectivity index (χ3v) is 6.47. The molecule has 0 atom stereocenters. The Kier molecular flexibility index (Phi) is 4.05. The Morgan fingerprint density at radius 3 is 2.83 bits per heavy atom. The number of nitrogens with zero attached hydrogens (tertiary/aromatic N) is 3. The quantitative estimate of drug-likeness (QED) is 0.731. The average molecular weight is 358 g/mol. The Morgan fingerprint density at radius 1 is 1.33 bits per heavy atom. The molecule has 0 unspecified atom stereocenters. The summed E-state index contributed by atoms with van der Waals surface area (Å²) < 4.78 is 1.63. The average Bonchev–Trinajstić information content (AvgIpc) is 3.22. The summed E-state index contributed by atoms with van der Waals surface area (Å²) in [7, 11) is 0. The molecule has 0 spiro atoms. The van der Waals surface area contributed by atoms with E-state index in [2.05, 4.69) is 39.7 Å². The second-order valence-corrected chi connectivity index (χ2v) is 8.49. The van der Waals surface area contributed by atoms with Gasteiger partial charge in [-0.2, -0.15) is 4.52 Å². The SMILES string of the molecule is CCc1cc(=O)n2nc(NCC3(Sc4ccccc4)CC3)sc2n1. The van der Waals surface area contributed by atoms with E-state index in [1.807, 2.05) is 24.8 Å². The van der Waals surface area contributed by atoms with Crippen LogP contribution in [0, 0.1) is 0 Å². The maximum absolute atomic E-state index is 12.1. The van der Waals surface area contributed by atoms with Gasteiger partial charge in [0.1, 0.15) is 0 Å². The van der Waals surface area contributed by atoms with Gasteiger partial charge < -0.3 is 5.32 Å². The lowest BCUT2D eigenvalue weighted by Crippen LogP contribution is -2.19. The fourth-order valence-corrected chi connectivity index (χ4v) is 4.60. The van der Waals surface area contributed by atoms with Crippen LogP contribution in [0.4, 0.5) is 5.13 Å². The number of rotatable bonds is 6. The molecule has 5 nitrogen and oxygen atoms in total. The first-order valence-corrected chi connectivity index (χ1v) is 9.68. The normalized spacial score (nSPS) is 15.5. The van der Waals surface area contributed by atoms with Crippen LogP contribution in [-0.4, -0.2) is 25.9 Å². The van der Waals surface area contributed by atoms with E-state index < -0.39 is 0 Å². The maximum Gasteiger partial charge on any atom is 0.275 e. The molecule has 4 rings (SSSR count). The number of nitrogens with one attached hydrogen (secondary N) is 1. The van der Waals surface area contributed by atoms with Gasteiger partial charge in [0.25, 0.3) is 5.56 Å². The number of aryl methyl sites for hydroxylation is 1. The highest BCUT2D eigenvalue weighted by molar-refractivity contribution is 8.01. The van der Waals surface area contributed by atoms with E-state index in [1.54, 1.807) is 6.07 Å². The number of fused-ring (bicyclic) bond motifs is 1. The van der Waals surface area contributed by atoms with Gasteiger partial charge in [-0.3, -0.25) is 4.79 Å². The summed E-state index contributed by atoms with van der Waals surface area (Å²) in [6.45, 7) is 2.85. The van der Waals surface area contributed by atoms with Crippen molar-refractivity contribution in [3.63, 3.8) is 0 Å². The predicted octanol–water partition coefficient (Wildman–Crippen LogP) is 3.45. The number of thioether (sulfide) groups is 1. The lowest BCUT2D eigenvalue weighted by molar-refractivity contribution is 0.866. The molecule has 1 aliphatic rings. The Hall–Kier alpha value is -1.86. The first-order chi connectivity index (χ1) is 11.7. The van der Waals surface area contributed by atoms with Gasteiger partial charge in [0.15, 0.2) is 0 Å². The van der Waals surface area contributed by atoms with E-state index in [4.69, 9.17) is 0 Å². The molecular weight excluding hydrogens is 340 g/mol. The second kappa shape index (κ2) is 6.22. The third-order valence-electron chi connectivity index (χ3n) is 4.11. The minimum Gasteiger partial charge on any atom is -0.359 e. The first kappa shape index (κ1) is 15.7. The molecule has 1 N–H and O–H groups in total. The van der Waals surface area contributed by atoms with Crippen molar-refractivity contribution in [3.05, 3.63) is 52.4 Å². The van der Waals surface area contributed by atoms with Crippen molar-refractivity contribution in [2.75, 3.05) is 11.9 Å². The third kappa shape index (κ3) is 3.18. The molecule has 0 aliphatic heterocycles. The number of hydrogen-bond acceptors (Lipinski definition) is 6. The molecular formula is C17H18N4OS2. The van der Waals surface area contributed by atoms with Crippen LogP contribution in [0.15, 0.2) is 46.1 Å². The molecule has 0 radical (unpaired) electrons. The number of anilines is 1. The van der Waals surface area contributed by atoms with Gasteiger partial charge in [0.2, 0.25) is 10.1 Å². The van der Waals surface area contributed by atoms with Crippen LogP contribution in [0.3, 0.4) is 0 Å². The molecule has 24 heavy (non-hydrogen) atoms. The van der Waals surface area contributed by atoms with Crippen molar-refractivity contribution in [1.29, 1.82) is 0 Å². The lowest BCUT2D eigenvalue weighted by atomic mass is 10.3. The monoisotopic (exact) mass is 358 g/mol. The molecule has 3 aromatic rings. The minimum absolute atomic E-state index is 0.110. The van der Waals surface area contributed by atoms with Crippen molar-refractivity contribution in [2.45, 2.75) is 35.8 Å². The zero-order valence-corrected chi connectivity index (χ0v) is 15.0. The van der Waals surface area contributed by atoms with Crippen LogP contribution in [-0.2, 0) is 6.42 Å². The Bertz CT molecular complexity index is 915. The molecule has 0 amide bonds. The summed E-state index contributed by atoms with van der Waals surface area (Å²) in [5.74, 6) is 0. The summed E-state index contributed by atoms with van der Waals surface area (Å²) in [4.78, 5) is 18.5. The van der Waals surface area contributed by atoms with E-state index in [0.29, 0.717) is 4.96 Å². The molecule has 1 aromatic carbocycles. The number of hydrogen-bond donors (Lipinski definition) is 1. The fourth-order valence-electron chi connectivity index (χ4n) is 2.54. The summed E-state index contributed by atoms with van der Waals surface area (Å²) in [5, 5.41) is 8.53. The predicted molar refractivity (Wildman–Crippen MR) is 99.3 cm³/mol. The van der Waals surface area contributed by atoms with Crippen molar-refractivity contribution >= 4 is 33.2 Å². The van der Waals surface area contributed by atoms with Gasteiger partial charge in [0, 0.05) is 27.9 Å². The van der Waals surface area contributed by atoms with E-state index >= 15 is 0 Å². The molecule has 1 aliphatic carbocycles. The van der Waals surface area contributed by atoms with Gasteiger partial charge in [-0.15, -0.1) is 16.9 Å². The van der Waals surface area contributed by atoms with Gasteiger partial charge in [-0.05, 0) is 31.4 Å². The maximum atomic E-state index is 12.1. The van der Waals surface area contributed by atoms with Gasteiger partial charge >= 0.3 is 0 Å². The molecule has 7 heteroatoms. The molecule has 1 saturated carbocycles. The first-order valence-electron chi connectivity index (χ1n) is 8.05. The zero-order valence-electron chi connectivity index (χ0n) is 13.4. The van der Waals surface area contributed by atoms with Crippen LogP contribution in [0.25, 0.3) is 4.96 Å². The fraction of sp³-hybridized carbons (Fsp3) is 0.353. The van der Waals surface area contributed by atoms with Crippen LogP contribution in [0.1, 0.15) is 25.5 Å². The summed E-state index contributed by atoms with van der Waals surface area (Å²) in [6, 6.07) is 12.0. The minimum atomic E-state index is -0.110. The number of benzene rings is 1. The van der Waals surface area contributed by atoms with Crippen LogP contribution >= 0.6 is 23.1 Å². The number of aromatic nitrogens is 3. The highest BCUT2D eigenvalue weighted by Crippen LogP contribution is 2.51. The Labute approximate surface area is 148 Å². The van der Waals surface area contributed by atoms with Crippen molar-refractivity contribution in [2.24, 2.45) is 0 Å². The lowest BCUT2D eigenvalue weighted by Gasteiger charge is -2.14. The molecule has 124 valence electrons. The highest BCUT2D eigenvalue weighted by Gasteiger charge is 2.43. The summed E-state index contributed by atoms with van der Waals surface area (Å²) in [6.07, 6.45) is 3.15. The molecule has 1 fully saturated rings. The van der Waals surface area contributed by atoms with Gasteiger partial charge in [-0.25, -0.2) is 4.98 Å². The van der Waals surface area contributed by atoms with Crippen molar-refractivity contribution in [1.82, 2.24) is 14.6 Å². The van der Waals surface area contributed by atoms with E-state index in [-0.39, 0.29) is 10.3 Å². The molecule has 0 bridgehead atoms. The molecule has 2 heterocycles. The van der Waals surface area contributed by atoms with Gasteiger partial charge in [0.05, 0.1) is 0 Å². The summed E-state index contributed by atoms with van der Waals surface area (Å²) in [5.41, 5.74) is 0.703. The highest BCUT2D eigenvalue weighted by atomic mass is 32.2. The second-order valence-electron chi connectivity index (χ2n) is 5.99. The standard InChI is InChI=1S/C17H18N4OS2/c1-2-12-10-14(22)21-16(19-12)23-15(20-21)18-11-17(8-9-17)24-13-6-4-3-5-7-13/h3-7,10H,2,8-9,11H2,1H3,(H,18,20). The molecule has 0 saturated heterocycles. The van der Waals surface area contributed by atoms with Crippen LogP contribution in [0.2, 0.25) is 0 Å². The van der Waals surface area contributed by atoms with Crippen LogP contribution in [0.5, 0.6) is 0 Å². The largest absolute Gasteiger partial charge is 0.359 e. The van der Waals surface area contributed by atoms with E-state index in [0.717, 1.165) is 23.8 Å². The molecule has 2 aromatic heterocycles. The smallest absolute Gasteiger partial charge is 0.275 e. The van der Waals surface area contributed by atoms with Crippen molar-refractivity contribution in [3.8, 4) is 0 Å². The van der Waals surface area contributed by atoms with Gasteiger partial charge in [-0.1, -0.05) is 36.5 Å². The zero-order chi connectivity index (χ0) is 16.6. The van der Waals surface area contributed by atoms with E-state index in [1.165, 1.54) is 33.6 Å². The van der Waals surface area contributed by atoms with Crippen molar-refractivity contribution < 1.29 is 0 Å².